The van der Waals surface area contributed by atoms with Gasteiger partial charge < -0.3 is 16.2 Å². The van der Waals surface area contributed by atoms with Crippen LogP contribution < -0.4 is 11.1 Å². The van der Waals surface area contributed by atoms with E-state index in [-0.39, 0.29) is 6.54 Å². The van der Waals surface area contributed by atoms with Crippen LogP contribution in [-0.2, 0) is 11.3 Å². The summed E-state index contributed by atoms with van der Waals surface area (Å²) in [4.78, 5) is 14.9. The van der Waals surface area contributed by atoms with Crippen molar-refractivity contribution in [2.45, 2.75) is 12.6 Å². The van der Waals surface area contributed by atoms with Crippen LogP contribution in [0.25, 0.3) is 10.9 Å². The average Bonchev–Trinajstić information content (AvgIpc) is 2.38. The highest BCUT2D eigenvalue weighted by molar-refractivity contribution is 5.81. The van der Waals surface area contributed by atoms with E-state index in [0.717, 1.165) is 16.5 Å². The molecule has 0 saturated heterocycles. The van der Waals surface area contributed by atoms with Gasteiger partial charge in [-0.05, 0) is 11.6 Å². The molecular formula is C13H15N3O2. The van der Waals surface area contributed by atoms with Crippen LogP contribution in [0.15, 0.2) is 36.5 Å². The van der Waals surface area contributed by atoms with E-state index in [2.05, 4.69) is 10.3 Å². The number of nitrogens with zero attached hydrogens (tertiary/aromatic N) is 1. The molecule has 1 atom stereocenters. The molecule has 2 aromatic rings. The summed E-state index contributed by atoms with van der Waals surface area (Å²) in [5, 5.41) is 12.8. The van der Waals surface area contributed by atoms with Gasteiger partial charge >= 0.3 is 5.97 Å². The third kappa shape index (κ3) is 2.82. The lowest BCUT2D eigenvalue weighted by atomic mass is 10.1. The van der Waals surface area contributed by atoms with Crippen molar-refractivity contribution >= 4 is 16.9 Å². The number of carboxylic acid groups (broad SMARTS) is 1. The van der Waals surface area contributed by atoms with E-state index in [4.69, 9.17) is 10.8 Å². The van der Waals surface area contributed by atoms with Gasteiger partial charge in [0.15, 0.2) is 0 Å². The van der Waals surface area contributed by atoms with E-state index in [1.165, 1.54) is 0 Å². The van der Waals surface area contributed by atoms with Gasteiger partial charge in [-0.15, -0.1) is 0 Å². The Balaban J connectivity index is 2.06. The molecule has 0 fully saturated rings. The van der Waals surface area contributed by atoms with E-state index in [0.29, 0.717) is 6.54 Å². The molecule has 0 spiro atoms. The molecule has 0 bridgehead atoms. The van der Waals surface area contributed by atoms with E-state index in [1.54, 1.807) is 6.20 Å². The predicted molar refractivity (Wildman–Crippen MR) is 69.1 cm³/mol. The zero-order chi connectivity index (χ0) is 13.0. The first-order valence-electron chi connectivity index (χ1n) is 5.70. The molecule has 0 saturated carbocycles. The first-order chi connectivity index (χ1) is 8.68. The van der Waals surface area contributed by atoms with Crippen LogP contribution in [0.3, 0.4) is 0 Å². The van der Waals surface area contributed by atoms with Crippen LogP contribution in [0, 0.1) is 0 Å². The Hall–Kier alpha value is -1.98. The van der Waals surface area contributed by atoms with Gasteiger partial charge in [-0.2, -0.15) is 0 Å². The third-order valence-electron chi connectivity index (χ3n) is 2.71. The summed E-state index contributed by atoms with van der Waals surface area (Å²) in [6.07, 6.45) is 1.74. The summed E-state index contributed by atoms with van der Waals surface area (Å²) in [6, 6.07) is 8.92. The minimum atomic E-state index is -1.00. The minimum absolute atomic E-state index is 0.235. The molecule has 0 aliphatic rings. The maximum Gasteiger partial charge on any atom is 0.321 e. The van der Waals surface area contributed by atoms with Crippen molar-refractivity contribution in [3.05, 3.63) is 42.1 Å². The summed E-state index contributed by atoms with van der Waals surface area (Å²) in [6.45, 7) is 0.786. The predicted octanol–water partition coefficient (Wildman–Crippen LogP) is 0.736. The van der Waals surface area contributed by atoms with Crippen LogP contribution in [0.4, 0.5) is 0 Å². The van der Waals surface area contributed by atoms with Crippen LogP contribution in [0.5, 0.6) is 0 Å². The maximum absolute atomic E-state index is 10.6. The van der Waals surface area contributed by atoms with Crippen molar-refractivity contribution in [2.24, 2.45) is 5.73 Å². The smallest absolute Gasteiger partial charge is 0.321 e. The van der Waals surface area contributed by atoms with Gasteiger partial charge in [0.1, 0.15) is 6.04 Å². The number of para-hydroxylation sites is 1. The minimum Gasteiger partial charge on any atom is -0.480 e. The molecule has 18 heavy (non-hydrogen) atoms. The van der Waals surface area contributed by atoms with Crippen LogP contribution in [0.1, 0.15) is 5.56 Å². The molecular weight excluding hydrogens is 230 g/mol. The normalized spacial score (nSPS) is 12.5. The number of hydrogen-bond donors (Lipinski definition) is 3. The maximum atomic E-state index is 10.6. The molecule has 1 aromatic carbocycles. The van der Waals surface area contributed by atoms with Crippen molar-refractivity contribution < 1.29 is 9.90 Å². The van der Waals surface area contributed by atoms with Gasteiger partial charge in [0.05, 0.1) is 5.52 Å². The molecule has 5 heteroatoms. The van der Waals surface area contributed by atoms with Crippen molar-refractivity contribution in [1.82, 2.24) is 10.3 Å². The Morgan fingerprint density at radius 1 is 1.39 bits per heavy atom. The first-order valence-corrected chi connectivity index (χ1v) is 5.70. The first kappa shape index (κ1) is 12.5. The van der Waals surface area contributed by atoms with Gasteiger partial charge in [0.2, 0.25) is 0 Å². The van der Waals surface area contributed by atoms with Crippen molar-refractivity contribution in [3.63, 3.8) is 0 Å². The largest absolute Gasteiger partial charge is 0.480 e. The Morgan fingerprint density at radius 2 is 2.17 bits per heavy atom. The second-order valence-electron chi connectivity index (χ2n) is 4.07. The molecule has 5 nitrogen and oxygen atoms in total. The number of aromatic nitrogens is 1. The number of pyridine rings is 1. The molecule has 1 aromatic heterocycles. The topological polar surface area (TPSA) is 88.2 Å². The molecule has 1 unspecified atom stereocenters. The number of benzene rings is 1. The number of nitrogens with one attached hydrogen (secondary N) is 1. The summed E-state index contributed by atoms with van der Waals surface area (Å²) < 4.78 is 0. The Bertz CT molecular complexity index is 551. The van der Waals surface area contributed by atoms with E-state index < -0.39 is 12.0 Å². The lowest BCUT2D eigenvalue weighted by molar-refractivity contribution is -0.138. The van der Waals surface area contributed by atoms with Crippen molar-refractivity contribution in [2.75, 3.05) is 6.54 Å². The average molecular weight is 245 g/mol. The fraction of sp³-hybridized carbons (Fsp3) is 0.231. The van der Waals surface area contributed by atoms with Gasteiger partial charge in [0.25, 0.3) is 0 Å². The number of rotatable bonds is 5. The summed E-state index contributed by atoms with van der Waals surface area (Å²) in [7, 11) is 0. The van der Waals surface area contributed by atoms with E-state index in [9.17, 15) is 4.79 Å². The highest BCUT2D eigenvalue weighted by Gasteiger charge is 2.10. The second kappa shape index (κ2) is 5.57. The Labute approximate surface area is 105 Å². The van der Waals surface area contributed by atoms with Gasteiger partial charge in [-0.1, -0.05) is 24.3 Å². The second-order valence-corrected chi connectivity index (χ2v) is 4.07. The number of hydrogen-bond acceptors (Lipinski definition) is 4. The third-order valence-corrected chi connectivity index (χ3v) is 2.71. The molecule has 0 aliphatic carbocycles. The zero-order valence-electron chi connectivity index (χ0n) is 9.84. The molecule has 0 aliphatic heterocycles. The molecule has 0 amide bonds. The summed E-state index contributed by atoms with van der Waals surface area (Å²) >= 11 is 0. The fourth-order valence-corrected chi connectivity index (χ4v) is 1.76. The van der Waals surface area contributed by atoms with Crippen LogP contribution in [-0.4, -0.2) is 28.6 Å². The zero-order valence-corrected chi connectivity index (χ0v) is 9.84. The highest BCUT2D eigenvalue weighted by Crippen LogP contribution is 2.15. The van der Waals surface area contributed by atoms with Gasteiger partial charge in [-0.3, -0.25) is 9.78 Å². The monoisotopic (exact) mass is 245 g/mol. The molecule has 4 N–H and O–H groups in total. The SMILES string of the molecule is NC(CNCc1cccc2cccnc12)C(=O)O. The Kier molecular flexibility index (Phi) is 3.86. The van der Waals surface area contributed by atoms with Crippen LogP contribution >= 0.6 is 0 Å². The molecule has 0 radical (unpaired) electrons. The Morgan fingerprint density at radius 3 is 2.94 bits per heavy atom. The summed E-state index contributed by atoms with van der Waals surface area (Å²) in [5.74, 6) is -1.00. The molecule has 2 rings (SSSR count). The number of carbonyl (C=O) groups is 1. The van der Waals surface area contributed by atoms with Crippen molar-refractivity contribution in [1.29, 1.82) is 0 Å². The number of nitrogens with two attached hydrogens (primary N) is 1. The lowest BCUT2D eigenvalue weighted by Crippen LogP contribution is -2.40. The number of carboxylic acids is 1. The highest BCUT2D eigenvalue weighted by atomic mass is 16.4. The summed E-state index contributed by atoms with van der Waals surface area (Å²) in [5.41, 5.74) is 7.38. The standard InChI is InChI=1S/C13H15N3O2/c14-11(13(17)18)8-15-7-10-4-1-3-9-5-2-6-16-12(9)10/h1-6,11,15H,7-8,14H2,(H,17,18). The number of fused-ring (bicyclic) bond motifs is 1. The molecule has 94 valence electrons. The van der Waals surface area contributed by atoms with Crippen LogP contribution in [0.2, 0.25) is 0 Å². The van der Waals surface area contributed by atoms with E-state index >= 15 is 0 Å². The van der Waals surface area contributed by atoms with E-state index in [1.807, 2.05) is 30.3 Å². The number of aliphatic carboxylic acids is 1. The van der Waals surface area contributed by atoms with Gasteiger partial charge in [0, 0.05) is 24.7 Å². The van der Waals surface area contributed by atoms with Crippen molar-refractivity contribution in [3.8, 4) is 0 Å². The quantitative estimate of drug-likeness (QED) is 0.723. The fourth-order valence-electron chi connectivity index (χ4n) is 1.76. The molecule has 1 heterocycles. The lowest BCUT2D eigenvalue weighted by Gasteiger charge is -2.09. The van der Waals surface area contributed by atoms with Gasteiger partial charge in [-0.25, -0.2) is 0 Å².